The third-order valence-electron chi connectivity index (χ3n) is 3.62. The van der Waals surface area contributed by atoms with Crippen molar-refractivity contribution in [1.29, 1.82) is 0 Å². The van der Waals surface area contributed by atoms with Crippen LogP contribution >= 0.6 is 0 Å². The Hall–Kier alpha value is -2.69. The average molecular weight is 282 g/mol. The summed E-state index contributed by atoms with van der Waals surface area (Å²) in [4.78, 5) is 29.7. The monoisotopic (exact) mass is 282 g/mol. The number of rotatable bonds is 2. The Morgan fingerprint density at radius 1 is 1.19 bits per heavy atom. The van der Waals surface area contributed by atoms with Crippen LogP contribution < -0.4 is 4.90 Å². The van der Waals surface area contributed by atoms with Gasteiger partial charge in [-0.25, -0.2) is 4.98 Å². The number of amides is 1. The maximum absolute atomic E-state index is 12.6. The van der Waals surface area contributed by atoms with E-state index < -0.39 is 11.9 Å². The van der Waals surface area contributed by atoms with Gasteiger partial charge in [-0.1, -0.05) is 24.3 Å². The molecule has 0 bridgehead atoms. The molecule has 0 spiro atoms. The van der Waals surface area contributed by atoms with Gasteiger partial charge in [-0.05, 0) is 30.7 Å². The lowest BCUT2D eigenvalue weighted by Crippen LogP contribution is -2.31. The topological polar surface area (TPSA) is 70.5 Å². The van der Waals surface area contributed by atoms with Gasteiger partial charge < -0.3 is 10.0 Å². The summed E-state index contributed by atoms with van der Waals surface area (Å²) in [6, 6.07) is 12.3. The fourth-order valence-corrected chi connectivity index (χ4v) is 2.61. The first-order valence-corrected chi connectivity index (χ1v) is 6.65. The highest BCUT2D eigenvalue weighted by molar-refractivity contribution is 6.07. The molecule has 0 aliphatic carbocycles. The summed E-state index contributed by atoms with van der Waals surface area (Å²) >= 11 is 0. The number of carbonyl (C=O) groups is 2. The normalized spacial score (nSPS) is 16.6. The van der Waals surface area contributed by atoms with Crippen LogP contribution in [0, 0.1) is 6.92 Å². The standard InChI is InChI=1S/C16H14N2O3/c1-10-5-4-7-13(17-10)15(19)18-9-12(16(20)21)11-6-2-3-8-14(11)18/h2-8,12H,9H2,1H3,(H,20,21)/t12-/m0/s1. The quantitative estimate of drug-likeness (QED) is 0.916. The number of aryl methyl sites for hydroxylation is 1. The predicted octanol–water partition coefficient (Wildman–Crippen LogP) is 2.22. The minimum Gasteiger partial charge on any atom is -0.481 e. The molecule has 0 saturated carbocycles. The molecule has 0 unspecified atom stereocenters. The Labute approximate surface area is 121 Å². The van der Waals surface area contributed by atoms with E-state index >= 15 is 0 Å². The van der Waals surface area contributed by atoms with Crippen molar-refractivity contribution in [2.75, 3.05) is 11.4 Å². The number of hydrogen-bond donors (Lipinski definition) is 1. The first-order chi connectivity index (χ1) is 10.1. The molecule has 0 saturated heterocycles. The molecule has 3 rings (SSSR count). The van der Waals surface area contributed by atoms with E-state index in [2.05, 4.69) is 4.98 Å². The number of carboxylic acids is 1. The zero-order valence-corrected chi connectivity index (χ0v) is 11.5. The summed E-state index contributed by atoms with van der Waals surface area (Å²) in [5, 5.41) is 9.32. The van der Waals surface area contributed by atoms with E-state index in [4.69, 9.17) is 0 Å². The molecule has 0 fully saturated rings. The molecular weight excluding hydrogens is 268 g/mol. The second kappa shape index (κ2) is 5.01. The van der Waals surface area contributed by atoms with E-state index in [1.54, 1.807) is 36.4 Å². The van der Waals surface area contributed by atoms with Crippen molar-refractivity contribution in [2.24, 2.45) is 0 Å². The van der Waals surface area contributed by atoms with Crippen LogP contribution in [0.5, 0.6) is 0 Å². The van der Waals surface area contributed by atoms with Crippen LogP contribution in [0.25, 0.3) is 0 Å². The van der Waals surface area contributed by atoms with Gasteiger partial charge in [0.2, 0.25) is 0 Å². The number of para-hydroxylation sites is 1. The number of fused-ring (bicyclic) bond motifs is 1. The highest BCUT2D eigenvalue weighted by atomic mass is 16.4. The van der Waals surface area contributed by atoms with Crippen LogP contribution in [-0.2, 0) is 4.79 Å². The van der Waals surface area contributed by atoms with Crippen LogP contribution in [-0.4, -0.2) is 28.5 Å². The number of anilines is 1. The van der Waals surface area contributed by atoms with E-state index in [9.17, 15) is 14.7 Å². The van der Waals surface area contributed by atoms with E-state index in [1.165, 1.54) is 4.90 Å². The molecule has 1 atom stereocenters. The number of carboxylic acid groups (broad SMARTS) is 1. The summed E-state index contributed by atoms with van der Waals surface area (Å²) in [6.45, 7) is 1.96. The molecule has 2 heterocycles. The van der Waals surface area contributed by atoms with Gasteiger partial charge >= 0.3 is 5.97 Å². The Kier molecular flexibility index (Phi) is 3.17. The molecule has 1 N–H and O–H groups in total. The van der Waals surface area contributed by atoms with Gasteiger partial charge in [0.25, 0.3) is 5.91 Å². The molecule has 1 aromatic carbocycles. The number of benzene rings is 1. The third kappa shape index (κ3) is 2.27. The largest absolute Gasteiger partial charge is 0.481 e. The van der Waals surface area contributed by atoms with Crippen molar-refractivity contribution in [2.45, 2.75) is 12.8 Å². The first kappa shape index (κ1) is 13.3. The molecule has 5 heteroatoms. The lowest BCUT2D eigenvalue weighted by Gasteiger charge is -2.17. The minimum atomic E-state index is -0.921. The van der Waals surface area contributed by atoms with Crippen molar-refractivity contribution < 1.29 is 14.7 Å². The molecule has 5 nitrogen and oxygen atoms in total. The molecule has 1 aliphatic heterocycles. The van der Waals surface area contributed by atoms with E-state index in [-0.39, 0.29) is 12.5 Å². The van der Waals surface area contributed by atoms with Gasteiger partial charge in [-0.15, -0.1) is 0 Å². The first-order valence-electron chi connectivity index (χ1n) is 6.65. The molecule has 106 valence electrons. The van der Waals surface area contributed by atoms with Crippen molar-refractivity contribution in [3.05, 3.63) is 59.4 Å². The second-order valence-electron chi connectivity index (χ2n) is 5.03. The van der Waals surface area contributed by atoms with Gasteiger partial charge in [-0.2, -0.15) is 0 Å². The molecule has 1 aromatic heterocycles. The van der Waals surface area contributed by atoms with Crippen LogP contribution in [0.4, 0.5) is 5.69 Å². The summed E-state index contributed by atoms with van der Waals surface area (Å²) in [7, 11) is 0. The maximum atomic E-state index is 12.6. The van der Waals surface area contributed by atoms with Crippen LogP contribution in [0.15, 0.2) is 42.5 Å². The van der Waals surface area contributed by atoms with Gasteiger partial charge in [0, 0.05) is 17.9 Å². The molecule has 0 radical (unpaired) electrons. The van der Waals surface area contributed by atoms with E-state index in [0.717, 1.165) is 5.69 Å². The number of pyridine rings is 1. The van der Waals surface area contributed by atoms with Crippen LogP contribution in [0.2, 0.25) is 0 Å². The third-order valence-corrected chi connectivity index (χ3v) is 3.62. The number of aromatic nitrogens is 1. The molecule has 1 amide bonds. The summed E-state index contributed by atoms with van der Waals surface area (Å²) in [5.74, 6) is -1.88. The summed E-state index contributed by atoms with van der Waals surface area (Å²) in [6.07, 6.45) is 0. The van der Waals surface area contributed by atoms with Crippen LogP contribution in [0.3, 0.4) is 0 Å². The highest BCUT2D eigenvalue weighted by Crippen LogP contribution is 2.36. The minimum absolute atomic E-state index is 0.142. The highest BCUT2D eigenvalue weighted by Gasteiger charge is 2.36. The van der Waals surface area contributed by atoms with Crippen LogP contribution in [0.1, 0.15) is 27.7 Å². The Bertz CT molecular complexity index is 727. The second-order valence-corrected chi connectivity index (χ2v) is 5.03. The van der Waals surface area contributed by atoms with E-state index in [0.29, 0.717) is 16.9 Å². The van der Waals surface area contributed by atoms with Crippen molar-refractivity contribution in [3.63, 3.8) is 0 Å². The molecule has 21 heavy (non-hydrogen) atoms. The summed E-state index contributed by atoms with van der Waals surface area (Å²) in [5.41, 5.74) is 2.41. The van der Waals surface area contributed by atoms with Crippen molar-refractivity contribution >= 4 is 17.6 Å². The van der Waals surface area contributed by atoms with Crippen molar-refractivity contribution in [3.8, 4) is 0 Å². The Morgan fingerprint density at radius 2 is 1.95 bits per heavy atom. The van der Waals surface area contributed by atoms with Gasteiger partial charge in [0.15, 0.2) is 0 Å². The summed E-state index contributed by atoms with van der Waals surface area (Å²) < 4.78 is 0. The van der Waals surface area contributed by atoms with E-state index in [1.807, 2.05) is 13.0 Å². The van der Waals surface area contributed by atoms with Gasteiger partial charge in [0.1, 0.15) is 11.6 Å². The van der Waals surface area contributed by atoms with Gasteiger partial charge in [0.05, 0.1) is 0 Å². The maximum Gasteiger partial charge on any atom is 0.312 e. The van der Waals surface area contributed by atoms with Crippen molar-refractivity contribution in [1.82, 2.24) is 4.98 Å². The smallest absolute Gasteiger partial charge is 0.312 e. The SMILES string of the molecule is Cc1cccc(C(=O)N2C[C@H](C(=O)O)c3ccccc32)n1. The fraction of sp³-hybridized carbons (Fsp3) is 0.188. The Balaban J connectivity index is 2.01. The zero-order chi connectivity index (χ0) is 15.0. The number of aliphatic carboxylic acids is 1. The zero-order valence-electron chi connectivity index (χ0n) is 11.5. The average Bonchev–Trinajstić information content (AvgIpc) is 2.86. The fourth-order valence-electron chi connectivity index (χ4n) is 2.61. The molecule has 2 aromatic rings. The lowest BCUT2D eigenvalue weighted by atomic mass is 10.0. The number of carbonyl (C=O) groups excluding carboxylic acids is 1. The number of nitrogens with zero attached hydrogens (tertiary/aromatic N) is 2. The molecular formula is C16H14N2O3. The predicted molar refractivity (Wildman–Crippen MR) is 77.5 cm³/mol. The Morgan fingerprint density at radius 3 is 2.67 bits per heavy atom. The number of hydrogen-bond acceptors (Lipinski definition) is 3. The van der Waals surface area contributed by atoms with Gasteiger partial charge in [-0.3, -0.25) is 9.59 Å². The lowest BCUT2D eigenvalue weighted by molar-refractivity contribution is -0.138. The molecule has 1 aliphatic rings.